The first-order valence-corrected chi connectivity index (χ1v) is 7.12. The number of benzene rings is 1. The zero-order chi connectivity index (χ0) is 14.0. The molecular weight excluding hydrogens is 272 g/mol. The van der Waals surface area contributed by atoms with Crippen LogP contribution in [0, 0.1) is 0 Å². The van der Waals surface area contributed by atoms with Crippen LogP contribution >= 0.6 is 12.4 Å². The molecule has 0 radical (unpaired) electrons. The van der Waals surface area contributed by atoms with Crippen molar-refractivity contribution in [1.82, 2.24) is 10.2 Å². The van der Waals surface area contributed by atoms with Crippen LogP contribution in [0.1, 0.15) is 49.5 Å². The summed E-state index contributed by atoms with van der Waals surface area (Å²) in [6.07, 6.45) is 0. The van der Waals surface area contributed by atoms with E-state index in [1.54, 1.807) is 0 Å². The van der Waals surface area contributed by atoms with Crippen LogP contribution < -0.4 is 5.32 Å². The summed E-state index contributed by atoms with van der Waals surface area (Å²) < 4.78 is 0. The van der Waals surface area contributed by atoms with Gasteiger partial charge in [-0.25, -0.2) is 0 Å². The van der Waals surface area contributed by atoms with Gasteiger partial charge in [0.2, 0.25) is 0 Å². The summed E-state index contributed by atoms with van der Waals surface area (Å²) >= 11 is 0. The van der Waals surface area contributed by atoms with Crippen LogP contribution in [0.25, 0.3) is 0 Å². The van der Waals surface area contributed by atoms with Gasteiger partial charge in [0.1, 0.15) is 0 Å². The molecular formula is C16H25ClN2O. The molecule has 0 aliphatic carbocycles. The maximum absolute atomic E-state index is 12.5. The number of rotatable bonds is 2. The van der Waals surface area contributed by atoms with E-state index in [1.807, 2.05) is 17.0 Å². The molecule has 1 heterocycles. The van der Waals surface area contributed by atoms with Crippen LogP contribution in [0.5, 0.6) is 0 Å². The van der Waals surface area contributed by atoms with Gasteiger partial charge in [-0.15, -0.1) is 12.4 Å². The van der Waals surface area contributed by atoms with E-state index in [4.69, 9.17) is 0 Å². The van der Waals surface area contributed by atoms with Gasteiger partial charge in [-0.2, -0.15) is 0 Å². The fourth-order valence-electron chi connectivity index (χ4n) is 2.69. The summed E-state index contributed by atoms with van der Waals surface area (Å²) in [4.78, 5) is 14.4. The van der Waals surface area contributed by atoms with Crippen LogP contribution in [0.4, 0.5) is 0 Å². The number of nitrogens with zero attached hydrogens (tertiary/aromatic N) is 1. The average molecular weight is 297 g/mol. The van der Waals surface area contributed by atoms with Crippen LogP contribution in [-0.4, -0.2) is 36.0 Å². The highest BCUT2D eigenvalue weighted by molar-refractivity contribution is 5.94. The van der Waals surface area contributed by atoms with E-state index in [0.717, 1.165) is 18.7 Å². The van der Waals surface area contributed by atoms with Crippen molar-refractivity contribution in [2.24, 2.45) is 0 Å². The molecule has 3 nitrogen and oxygen atoms in total. The summed E-state index contributed by atoms with van der Waals surface area (Å²) in [5.41, 5.74) is 2.07. The summed E-state index contributed by atoms with van der Waals surface area (Å²) in [5, 5.41) is 3.45. The fourth-order valence-corrected chi connectivity index (χ4v) is 2.69. The molecule has 2 rings (SSSR count). The van der Waals surface area contributed by atoms with Gasteiger partial charge in [0.15, 0.2) is 0 Å². The zero-order valence-corrected chi connectivity index (χ0v) is 13.5. The third-order valence-electron chi connectivity index (χ3n) is 3.67. The molecule has 20 heavy (non-hydrogen) atoms. The highest BCUT2D eigenvalue weighted by Crippen LogP contribution is 2.16. The van der Waals surface area contributed by atoms with E-state index in [1.165, 1.54) is 5.56 Å². The van der Waals surface area contributed by atoms with Gasteiger partial charge in [0, 0.05) is 30.7 Å². The van der Waals surface area contributed by atoms with Crippen LogP contribution in [0.15, 0.2) is 24.3 Å². The molecule has 0 saturated carbocycles. The van der Waals surface area contributed by atoms with Crippen LogP contribution in [0.2, 0.25) is 0 Å². The first kappa shape index (κ1) is 17.0. The molecule has 1 amide bonds. The van der Waals surface area contributed by atoms with E-state index < -0.39 is 0 Å². The average Bonchev–Trinajstić information content (AvgIpc) is 2.37. The van der Waals surface area contributed by atoms with Crippen molar-refractivity contribution in [3.63, 3.8) is 0 Å². The Morgan fingerprint density at radius 2 is 1.65 bits per heavy atom. The molecule has 1 aromatic rings. The molecule has 112 valence electrons. The third-order valence-corrected chi connectivity index (χ3v) is 3.67. The van der Waals surface area contributed by atoms with Crippen molar-refractivity contribution in [1.29, 1.82) is 0 Å². The number of hydrogen-bond acceptors (Lipinski definition) is 2. The van der Waals surface area contributed by atoms with E-state index in [9.17, 15) is 4.79 Å². The molecule has 0 bridgehead atoms. The Bertz CT molecular complexity index is 434. The van der Waals surface area contributed by atoms with Crippen LogP contribution in [-0.2, 0) is 0 Å². The normalized spacial score (nSPS) is 22.6. The van der Waals surface area contributed by atoms with Crippen molar-refractivity contribution in [2.45, 2.75) is 45.7 Å². The molecule has 2 unspecified atom stereocenters. The van der Waals surface area contributed by atoms with E-state index in [0.29, 0.717) is 18.0 Å². The van der Waals surface area contributed by atoms with Crippen molar-refractivity contribution < 1.29 is 4.79 Å². The Morgan fingerprint density at radius 3 is 2.10 bits per heavy atom. The predicted molar refractivity (Wildman–Crippen MR) is 85.7 cm³/mol. The molecule has 1 aliphatic rings. The van der Waals surface area contributed by atoms with Gasteiger partial charge >= 0.3 is 0 Å². The maximum atomic E-state index is 12.5. The Hall–Kier alpha value is -1.06. The van der Waals surface area contributed by atoms with Crippen molar-refractivity contribution in [3.8, 4) is 0 Å². The van der Waals surface area contributed by atoms with Crippen molar-refractivity contribution >= 4 is 18.3 Å². The predicted octanol–water partition coefficient (Wildman–Crippen LogP) is 3.05. The molecule has 1 N–H and O–H groups in total. The molecule has 1 aromatic carbocycles. The summed E-state index contributed by atoms with van der Waals surface area (Å²) in [6.45, 7) is 10.1. The highest BCUT2D eigenvalue weighted by atomic mass is 35.5. The number of hydrogen-bond donors (Lipinski definition) is 1. The molecule has 1 saturated heterocycles. The fraction of sp³-hybridized carbons (Fsp3) is 0.562. The second kappa shape index (κ2) is 7.09. The molecule has 0 aromatic heterocycles. The molecule has 2 atom stereocenters. The number of nitrogens with one attached hydrogen (secondary N) is 1. The lowest BCUT2D eigenvalue weighted by Crippen LogP contribution is -2.55. The molecule has 4 heteroatoms. The topological polar surface area (TPSA) is 32.3 Å². The summed E-state index contributed by atoms with van der Waals surface area (Å²) in [5.74, 6) is 0.652. The van der Waals surface area contributed by atoms with Gasteiger partial charge in [0.05, 0.1) is 0 Å². The summed E-state index contributed by atoms with van der Waals surface area (Å²) in [6, 6.07) is 8.76. The first-order valence-electron chi connectivity index (χ1n) is 7.12. The lowest BCUT2D eigenvalue weighted by atomic mass is 10.0. The highest BCUT2D eigenvalue weighted by Gasteiger charge is 2.25. The Labute approximate surface area is 128 Å². The lowest BCUT2D eigenvalue weighted by molar-refractivity contribution is 0.0674. The van der Waals surface area contributed by atoms with E-state index in [-0.39, 0.29) is 18.3 Å². The number of halogens is 1. The smallest absolute Gasteiger partial charge is 0.253 e. The largest absolute Gasteiger partial charge is 0.336 e. The minimum atomic E-state index is 0. The van der Waals surface area contributed by atoms with Gasteiger partial charge in [-0.1, -0.05) is 26.0 Å². The minimum Gasteiger partial charge on any atom is -0.336 e. The van der Waals surface area contributed by atoms with Gasteiger partial charge in [-0.3, -0.25) is 4.79 Å². The number of carbonyl (C=O) groups excluding carboxylic acids is 1. The molecule has 1 fully saturated rings. The first-order chi connectivity index (χ1) is 8.97. The minimum absolute atomic E-state index is 0. The van der Waals surface area contributed by atoms with Gasteiger partial charge in [0.25, 0.3) is 5.91 Å². The molecule has 1 aliphatic heterocycles. The Morgan fingerprint density at radius 1 is 1.15 bits per heavy atom. The van der Waals surface area contributed by atoms with E-state index in [2.05, 4.69) is 45.1 Å². The quantitative estimate of drug-likeness (QED) is 0.910. The van der Waals surface area contributed by atoms with E-state index >= 15 is 0 Å². The zero-order valence-electron chi connectivity index (χ0n) is 12.7. The van der Waals surface area contributed by atoms with Crippen LogP contribution in [0.3, 0.4) is 0 Å². The van der Waals surface area contributed by atoms with Gasteiger partial charge in [-0.05, 0) is 37.5 Å². The Kier molecular flexibility index (Phi) is 6.03. The SMILES string of the molecule is CC1CN(C(=O)c2ccc(C(C)C)cc2)CC(C)N1.Cl. The van der Waals surface area contributed by atoms with Crippen molar-refractivity contribution in [2.75, 3.05) is 13.1 Å². The molecule has 0 spiro atoms. The third kappa shape index (κ3) is 3.97. The second-order valence-electron chi connectivity index (χ2n) is 5.96. The monoisotopic (exact) mass is 296 g/mol. The second-order valence-corrected chi connectivity index (χ2v) is 5.96. The number of piperazine rings is 1. The standard InChI is InChI=1S/C16H24N2O.ClH/c1-11(2)14-5-7-15(8-6-14)16(19)18-9-12(3)17-13(4)10-18;/h5-8,11-13,17H,9-10H2,1-4H3;1H. The van der Waals surface area contributed by atoms with Gasteiger partial charge < -0.3 is 10.2 Å². The lowest BCUT2D eigenvalue weighted by Gasteiger charge is -2.36. The maximum Gasteiger partial charge on any atom is 0.253 e. The van der Waals surface area contributed by atoms with Crippen molar-refractivity contribution in [3.05, 3.63) is 35.4 Å². The Balaban J connectivity index is 0.00000200. The number of carbonyl (C=O) groups is 1. The summed E-state index contributed by atoms with van der Waals surface area (Å²) in [7, 11) is 0. The number of amides is 1.